The molecule has 0 bridgehead atoms. The molecule has 5 fully saturated rings. The van der Waals surface area contributed by atoms with Crippen LogP contribution in [0.15, 0.2) is 25.0 Å². The Labute approximate surface area is 354 Å². The summed E-state index contributed by atoms with van der Waals surface area (Å²) >= 11 is 0. The minimum absolute atomic E-state index is 0.0353. The molecule has 0 heterocycles. The summed E-state index contributed by atoms with van der Waals surface area (Å²) in [7, 11) is 0. The molecule has 5 rings (SSSR count). The van der Waals surface area contributed by atoms with Gasteiger partial charge in [0, 0.05) is 0 Å². The zero-order valence-corrected chi connectivity index (χ0v) is 35.2. The average Bonchev–Trinajstić information content (AvgIpc) is 3.26. The predicted octanol–water partition coefficient (Wildman–Crippen LogP) is 8.22. The summed E-state index contributed by atoms with van der Waals surface area (Å²) in [6.45, 7) is 3.01. The molecule has 326 valence electrons. The Morgan fingerprint density at radius 3 is 1.58 bits per heavy atom. The summed E-state index contributed by atoms with van der Waals surface area (Å²) in [6, 6.07) is 0.478. The van der Waals surface area contributed by atoms with Gasteiger partial charge in [0.2, 0.25) is 30.4 Å². The molecule has 0 aromatic carbocycles. The number of isocyanates is 5. The molecule has 16 nitrogen and oxygen atoms in total. The maximum atomic E-state index is 10.2. The van der Waals surface area contributed by atoms with Crippen molar-refractivity contribution in [1.29, 1.82) is 15.8 Å². The number of nitriles is 3. The van der Waals surface area contributed by atoms with Gasteiger partial charge in [-0.05, 0) is 165 Å². The number of aliphatic imine (C=N–C) groups is 5. The largest absolute Gasteiger partial charge is 0.427 e. The summed E-state index contributed by atoms with van der Waals surface area (Å²) < 4.78 is 14.5. The van der Waals surface area contributed by atoms with E-state index >= 15 is 0 Å². The average molecular weight is 831 g/mol. The normalized spacial score (nSPS) is 30.3. The van der Waals surface area contributed by atoms with Crippen LogP contribution in [0.3, 0.4) is 0 Å². The van der Waals surface area contributed by atoms with Crippen LogP contribution in [0.5, 0.6) is 0 Å². The number of carbonyl (C=O) groups excluding carboxylic acids is 5. The molecule has 0 amide bonds. The number of rotatable bonds is 14. The summed E-state index contributed by atoms with van der Waals surface area (Å²) in [5.74, 6) is 2.51. The maximum absolute atomic E-state index is 10.2. The van der Waals surface area contributed by atoms with Crippen LogP contribution >= 0.6 is 0 Å². The number of hydrogen-bond donors (Lipinski definition) is 0. The molecule has 0 saturated heterocycles. The highest BCUT2D eigenvalue weighted by Gasteiger charge is 2.31. The van der Waals surface area contributed by atoms with Crippen LogP contribution < -0.4 is 0 Å². The molecule has 5 aliphatic rings. The highest BCUT2D eigenvalue weighted by atomic mass is 16.5. The number of ether oxygens (including phenoxy) is 3. The van der Waals surface area contributed by atoms with E-state index in [1.54, 1.807) is 36.8 Å². The highest BCUT2D eigenvalue weighted by molar-refractivity contribution is 5.35. The molecule has 0 N–H and O–H groups in total. The zero-order chi connectivity index (χ0) is 43.7. The van der Waals surface area contributed by atoms with Crippen molar-refractivity contribution in [3.05, 3.63) is 0 Å². The van der Waals surface area contributed by atoms with Crippen LogP contribution in [-0.2, 0) is 38.2 Å². The quantitative estimate of drug-likeness (QED) is 0.0698. The fourth-order valence-corrected chi connectivity index (χ4v) is 9.14. The Balaban J connectivity index is 0.000000280. The lowest BCUT2D eigenvalue weighted by Crippen LogP contribution is -2.30. The molecule has 16 heteroatoms. The highest BCUT2D eigenvalue weighted by Crippen LogP contribution is 2.37. The first-order valence-electron chi connectivity index (χ1n) is 21.7. The molecule has 60 heavy (non-hydrogen) atoms. The monoisotopic (exact) mass is 830 g/mol. The minimum atomic E-state index is -0.231. The summed E-state index contributed by atoms with van der Waals surface area (Å²) in [4.78, 5) is 69.1. The van der Waals surface area contributed by atoms with Crippen molar-refractivity contribution in [3.63, 3.8) is 0 Å². The van der Waals surface area contributed by atoms with Gasteiger partial charge in [0.15, 0.2) is 0 Å². The van der Waals surface area contributed by atoms with Gasteiger partial charge in [-0.15, -0.1) is 0 Å². The van der Waals surface area contributed by atoms with E-state index in [0.717, 1.165) is 121 Å². The Bertz CT molecular complexity index is 1590. The Hall–Kier alpha value is -5.23. The molecular formula is C44H62N8O8. The first-order valence-corrected chi connectivity index (χ1v) is 21.7. The molecule has 0 aromatic rings. The Morgan fingerprint density at radius 1 is 0.567 bits per heavy atom. The van der Waals surface area contributed by atoms with Gasteiger partial charge in [-0.2, -0.15) is 20.8 Å². The third-order valence-corrected chi connectivity index (χ3v) is 12.7. The van der Waals surface area contributed by atoms with Gasteiger partial charge < -0.3 is 14.2 Å². The van der Waals surface area contributed by atoms with Gasteiger partial charge in [-0.3, -0.25) is 0 Å². The topological polar surface area (TPSA) is 246 Å². The fourth-order valence-electron chi connectivity index (χ4n) is 9.14. The number of hydrogen-bond acceptors (Lipinski definition) is 16. The molecule has 2 atom stereocenters. The van der Waals surface area contributed by atoms with Crippen LogP contribution in [0.25, 0.3) is 0 Å². The van der Waals surface area contributed by atoms with Gasteiger partial charge in [0.1, 0.15) is 18.8 Å². The van der Waals surface area contributed by atoms with Crippen molar-refractivity contribution in [1.82, 2.24) is 0 Å². The van der Waals surface area contributed by atoms with E-state index in [4.69, 9.17) is 30.0 Å². The van der Waals surface area contributed by atoms with Crippen LogP contribution in [-0.4, -0.2) is 79.4 Å². The molecule has 0 spiro atoms. The zero-order valence-electron chi connectivity index (χ0n) is 35.2. The van der Waals surface area contributed by atoms with Gasteiger partial charge in [-0.1, -0.05) is 12.8 Å². The van der Waals surface area contributed by atoms with E-state index in [1.165, 1.54) is 44.6 Å². The van der Waals surface area contributed by atoms with Gasteiger partial charge in [-0.25, -0.2) is 43.9 Å². The molecule has 0 aromatic heterocycles. The molecule has 2 unspecified atom stereocenters. The van der Waals surface area contributed by atoms with Crippen LogP contribution in [0.2, 0.25) is 0 Å². The van der Waals surface area contributed by atoms with Crippen molar-refractivity contribution in [2.45, 2.75) is 190 Å². The molecular weight excluding hydrogens is 769 g/mol. The standard InChI is InChI=1S/C15H22N2O2.C11H16N2O2.C10H14N2O2.C8H10N2O2/c16-10-19-15-7-3-13(4-8-15)9-12-1-5-14(6-2-12)17-11-18;14-8-12-7-3-5-10-4-1-2-6-11(10)13-9-15;1-10(12-8-13)4-2-9(3-5-10)6-14-7-11;9-5-12-8-3-1-7(2-4-8)10-6-11/h12-15H,1-9H2;10-11H,1-7H2;9H,2-6H2,1H3;7-8H,1-4H2. The summed E-state index contributed by atoms with van der Waals surface area (Å²) in [5, 5.41) is 25.0. The third-order valence-electron chi connectivity index (χ3n) is 12.7. The Kier molecular flexibility index (Phi) is 26.9. The van der Waals surface area contributed by atoms with Crippen molar-refractivity contribution >= 4 is 30.4 Å². The van der Waals surface area contributed by atoms with E-state index in [-0.39, 0.29) is 35.9 Å². The van der Waals surface area contributed by atoms with Crippen molar-refractivity contribution < 1.29 is 38.2 Å². The summed E-state index contributed by atoms with van der Waals surface area (Å²) in [6.07, 6.45) is 37.0. The van der Waals surface area contributed by atoms with Crippen LogP contribution in [0.4, 0.5) is 0 Å². The molecule has 0 aliphatic heterocycles. The molecule has 0 radical (unpaired) electrons. The SMILES string of the molecule is CC1(N=C=O)CCC(COC#N)CC1.N#COC1CCC(CC2CCC(N=C=O)CC2)CC1.N#COC1CCC(N=C=O)CC1.O=C=NCCCC1CCCCC1N=C=O. The van der Waals surface area contributed by atoms with Gasteiger partial charge in [0.25, 0.3) is 18.8 Å². The van der Waals surface area contributed by atoms with Crippen molar-refractivity contribution in [2.24, 2.45) is 48.6 Å². The van der Waals surface area contributed by atoms with Gasteiger partial charge >= 0.3 is 0 Å². The van der Waals surface area contributed by atoms with Crippen LogP contribution in [0.1, 0.15) is 155 Å². The lowest BCUT2D eigenvalue weighted by molar-refractivity contribution is 0.0915. The fraction of sp³-hybridized carbons (Fsp3) is 0.818. The third kappa shape index (κ3) is 21.7. The first kappa shape index (κ1) is 50.9. The van der Waals surface area contributed by atoms with E-state index in [2.05, 4.69) is 25.0 Å². The van der Waals surface area contributed by atoms with E-state index in [1.807, 2.05) is 13.2 Å². The molecule has 5 saturated carbocycles. The summed E-state index contributed by atoms with van der Waals surface area (Å²) in [5.41, 5.74) is -0.231. The Morgan fingerprint density at radius 2 is 1.08 bits per heavy atom. The van der Waals surface area contributed by atoms with Crippen LogP contribution in [0, 0.1) is 58.2 Å². The second kappa shape index (κ2) is 31.7. The van der Waals surface area contributed by atoms with Crippen molar-refractivity contribution in [3.8, 4) is 18.8 Å². The smallest absolute Gasteiger partial charge is 0.286 e. The van der Waals surface area contributed by atoms with E-state index < -0.39 is 0 Å². The number of nitrogens with zero attached hydrogens (tertiary/aromatic N) is 8. The van der Waals surface area contributed by atoms with Crippen molar-refractivity contribution in [2.75, 3.05) is 13.2 Å². The lowest BCUT2D eigenvalue weighted by atomic mass is 9.76. The first-order chi connectivity index (χ1) is 29.3. The second-order valence-electron chi connectivity index (χ2n) is 16.8. The lowest BCUT2D eigenvalue weighted by Gasteiger charge is -2.32. The molecule has 5 aliphatic carbocycles. The predicted molar refractivity (Wildman–Crippen MR) is 218 cm³/mol. The van der Waals surface area contributed by atoms with Gasteiger partial charge in [0.05, 0.1) is 30.2 Å². The van der Waals surface area contributed by atoms with E-state index in [9.17, 15) is 24.0 Å². The minimum Gasteiger partial charge on any atom is -0.427 e. The van der Waals surface area contributed by atoms with E-state index in [0.29, 0.717) is 25.0 Å². The maximum Gasteiger partial charge on any atom is 0.286 e. The second-order valence-corrected chi connectivity index (χ2v) is 16.8.